The smallest absolute Gasteiger partial charge is 0.175 e. The summed E-state index contributed by atoms with van der Waals surface area (Å²) in [4.78, 5) is 15.4. The number of carbonyl (C=O) groups excluding carboxylic acids is 1. The SMILES string of the molecule is Cc1cc(C2=C(c3ccc(S(C)(=O)=O)cc3)CC(CN(C)C)C2=O)ccc1F. The fraction of sp³-hybridized carbons (Fsp3) is 0.318. The lowest BCUT2D eigenvalue weighted by molar-refractivity contribution is -0.117. The number of rotatable bonds is 5. The molecule has 0 N–H and O–H groups in total. The maximum absolute atomic E-state index is 13.7. The van der Waals surface area contributed by atoms with E-state index in [1.54, 1.807) is 43.3 Å². The minimum absolute atomic E-state index is 0.0434. The van der Waals surface area contributed by atoms with Crippen molar-refractivity contribution in [3.8, 4) is 0 Å². The summed E-state index contributed by atoms with van der Waals surface area (Å²) in [5, 5.41) is 0. The van der Waals surface area contributed by atoms with Crippen molar-refractivity contribution < 1.29 is 17.6 Å². The molecule has 0 aromatic heterocycles. The number of carbonyl (C=O) groups is 1. The fourth-order valence-electron chi connectivity index (χ4n) is 3.66. The standard InChI is InChI=1S/C22H24FNO3S/c1-14-11-16(7-10-20(14)23)21-19(12-17(22(21)25)13-24(2)3)15-5-8-18(9-6-15)28(4,26)27/h5-11,17H,12-13H2,1-4H3. The summed E-state index contributed by atoms with van der Waals surface area (Å²) in [6.45, 7) is 2.30. The van der Waals surface area contributed by atoms with E-state index in [4.69, 9.17) is 0 Å². The van der Waals surface area contributed by atoms with Crippen molar-refractivity contribution in [2.45, 2.75) is 18.2 Å². The van der Waals surface area contributed by atoms with Gasteiger partial charge in [-0.1, -0.05) is 18.2 Å². The molecule has 1 aliphatic carbocycles. The average molecular weight is 402 g/mol. The number of aryl methyl sites for hydroxylation is 1. The van der Waals surface area contributed by atoms with Crippen molar-refractivity contribution in [2.24, 2.45) is 5.92 Å². The Morgan fingerprint density at radius 2 is 1.68 bits per heavy atom. The number of nitrogens with zero attached hydrogens (tertiary/aromatic N) is 1. The third kappa shape index (κ3) is 4.08. The molecule has 4 nitrogen and oxygen atoms in total. The van der Waals surface area contributed by atoms with Gasteiger partial charge < -0.3 is 4.90 Å². The highest BCUT2D eigenvalue weighted by atomic mass is 32.2. The van der Waals surface area contributed by atoms with Crippen LogP contribution < -0.4 is 0 Å². The Balaban J connectivity index is 2.12. The van der Waals surface area contributed by atoms with Gasteiger partial charge in [0.1, 0.15) is 5.82 Å². The molecule has 0 bridgehead atoms. The van der Waals surface area contributed by atoms with E-state index in [9.17, 15) is 17.6 Å². The van der Waals surface area contributed by atoms with Crippen LogP contribution in [0.5, 0.6) is 0 Å². The Kier molecular flexibility index (Phi) is 5.55. The van der Waals surface area contributed by atoms with Gasteiger partial charge in [0.05, 0.1) is 4.90 Å². The van der Waals surface area contributed by atoms with E-state index in [0.29, 0.717) is 29.7 Å². The largest absolute Gasteiger partial charge is 0.309 e. The van der Waals surface area contributed by atoms with Gasteiger partial charge in [0.15, 0.2) is 15.6 Å². The van der Waals surface area contributed by atoms with Crippen LogP contribution in [-0.4, -0.2) is 46.0 Å². The number of hydrogen-bond acceptors (Lipinski definition) is 4. The maximum atomic E-state index is 13.7. The van der Waals surface area contributed by atoms with E-state index in [1.807, 2.05) is 19.0 Å². The first-order valence-electron chi connectivity index (χ1n) is 9.07. The van der Waals surface area contributed by atoms with E-state index in [-0.39, 0.29) is 22.4 Å². The van der Waals surface area contributed by atoms with E-state index >= 15 is 0 Å². The Bertz CT molecular complexity index is 1050. The second kappa shape index (κ2) is 7.60. The topological polar surface area (TPSA) is 54.5 Å². The minimum Gasteiger partial charge on any atom is -0.309 e. The van der Waals surface area contributed by atoms with E-state index in [2.05, 4.69) is 0 Å². The highest BCUT2D eigenvalue weighted by molar-refractivity contribution is 7.90. The molecule has 2 aromatic carbocycles. The molecule has 1 unspecified atom stereocenters. The van der Waals surface area contributed by atoms with Gasteiger partial charge in [-0.2, -0.15) is 0 Å². The van der Waals surface area contributed by atoms with Gasteiger partial charge in [0.2, 0.25) is 0 Å². The molecule has 3 rings (SSSR count). The Morgan fingerprint density at radius 1 is 1.07 bits per heavy atom. The number of allylic oxidation sites excluding steroid dienone is 2. The Hall–Kier alpha value is -2.31. The normalized spacial score (nSPS) is 17.6. The zero-order valence-corrected chi connectivity index (χ0v) is 17.3. The number of sulfone groups is 1. The molecule has 0 heterocycles. The van der Waals surface area contributed by atoms with Crippen LogP contribution in [0.1, 0.15) is 23.1 Å². The minimum atomic E-state index is -3.29. The molecule has 1 atom stereocenters. The quantitative estimate of drug-likeness (QED) is 0.768. The first-order chi connectivity index (χ1) is 13.1. The second-order valence-corrected chi connectivity index (χ2v) is 9.66. The predicted octanol–water partition coefficient (Wildman–Crippen LogP) is 3.60. The van der Waals surface area contributed by atoms with Gasteiger partial charge >= 0.3 is 0 Å². The first-order valence-corrected chi connectivity index (χ1v) is 11.0. The summed E-state index contributed by atoms with van der Waals surface area (Å²) in [6.07, 6.45) is 1.74. The van der Waals surface area contributed by atoms with E-state index in [0.717, 1.165) is 11.1 Å². The van der Waals surface area contributed by atoms with Crippen LogP contribution >= 0.6 is 0 Å². The third-order valence-electron chi connectivity index (χ3n) is 5.03. The van der Waals surface area contributed by atoms with Gasteiger partial charge in [-0.05, 0) is 74.0 Å². The van der Waals surface area contributed by atoms with Crippen molar-refractivity contribution in [3.63, 3.8) is 0 Å². The highest BCUT2D eigenvalue weighted by Crippen LogP contribution is 2.41. The summed E-state index contributed by atoms with van der Waals surface area (Å²) < 4.78 is 37.2. The van der Waals surface area contributed by atoms with Crippen molar-refractivity contribution in [3.05, 3.63) is 65.0 Å². The van der Waals surface area contributed by atoms with Crippen LogP contribution in [0.3, 0.4) is 0 Å². The van der Waals surface area contributed by atoms with Crippen LogP contribution in [0.4, 0.5) is 4.39 Å². The van der Waals surface area contributed by atoms with Crippen LogP contribution in [0.2, 0.25) is 0 Å². The number of halogens is 1. The zero-order chi connectivity index (χ0) is 20.6. The molecule has 0 fully saturated rings. The number of benzene rings is 2. The van der Waals surface area contributed by atoms with Crippen molar-refractivity contribution in [1.29, 1.82) is 0 Å². The Morgan fingerprint density at radius 3 is 2.21 bits per heavy atom. The molecule has 6 heteroatoms. The molecular formula is C22H24FNO3S. The molecule has 2 aromatic rings. The number of hydrogen-bond donors (Lipinski definition) is 0. The molecule has 0 radical (unpaired) electrons. The zero-order valence-electron chi connectivity index (χ0n) is 16.5. The Labute approximate surface area is 165 Å². The summed E-state index contributed by atoms with van der Waals surface area (Å²) in [5.41, 5.74) is 3.48. The lowest BCUT2D eigenvalue weighted by atomic mass is 9.95. The number of ketones is 1. The van der Waals surface area contributed by atoms with Gasteiger partial charge in [0, 0.05) is 24.3 Å². The lowest BCUT2D eigenvalue weighted by Crippen LogP contribution is -2.25. The third-order valence-corrected chi connectivity index (χ3v) is 6.16. The second-order valence-electron chi connectivity index (χ2n) is 7.64. The van der Waals surface area contributed by atoms with Gasteiger partial charge in [-0.3, -0.25) is 4.79 Å². The molecule has 0 aliphatic heterocycles. The van der Waals surface area contributed by atoms with Crippen molar-refractivity contribution >= 4 is 26.8 Å². The van der Waals surface area contributed by atoms with E-state index in [1.165, 1.54) is 12.3 Å². The molecule has 0 saturated heterocycles. The van der Waals surface area contributed by atoms with Crippen LogP contribution in [0, 0.1) is 18.7 Å². The van der Waals surface area contributed by atoms with Gasteiger partial charge in [0.25, 0.3) is 0 Å². The molecule has 0 amide bonds. The molecule has 148 valence electrons. The average Bonchev–Trinajstić information content (AvgIpc) is 2.93. The lowest BCUT2D eigenvalue weighted by Gasteiger charge is -2.15. The van der Waals surface area contributed by atoms with E-state index < -0.39 is 9.84 Å². The van der Waals surface area contributed by atoms with Crippen LogP contribution in [-0.2, 0) is 14.6 Å². The van der Waals surface area contributed by atoms with Gasteiger partial charge in [-0.25, -0.2) is 12.8 Å². The summed E-state index contributed by atoms with van der Waals surface area (Å²) in [5.74, 6) is -0.444. The summed E-state index contributed by atoms with van der Waals surface area (Å²) >= 11 is 0. The summed E-state index contributed by atoms with van der Waals surface area (Å²) in [7, 11) is 0.561. The molecule has 0 spiro atoms. The number of Topliss-reactive ketones (excluding diaryl/α,β-unsaturated/α-hetero) is 1. The first kappa shape index (κ1) is 20.4. The van der Waals surface area contributed by atoms with Crippen LogP contribution in [0.15, 0.2) is 47.4 Å². The molecular weight excluding hydrogens is 377 g/mol. The molecule has 28 heavy (non-hydrogen) atoms. The molecule has 1 aliphatic rings. The van der Waals surface area contributed by atoms with Crippen molar-refractivity contribution in [2.75, 3.05) is 26.9 Å². The van der Waals surface area contributed by atoms with Gasteiger partial charge in [-0.15, -0.1) is 0 Å². The highest BCUT2D eigenvalue weighted by Gasteiger charge is 2.34. The van der Waals surface area contributed by atoms with Crippen LogP contribution in [0.25, 0.3) is 11.1 Å². The maximum Gasteiger partial charge on any atom is 0.175 e. The fourth-order valence-corrected chi connectivity index (χ4v) is 4.29. The predicted molar refractivity (Wildman–Crippen MR) is 109 cm³/mol. The monoisotopic (exact) mass is 401 g/mol. The van der Waals surface area contributed by atoms with Crippen molar-refractivity contribution in [1.82, 2.24) is 4.90 Å². The molecule has 0 saturated carbocycles. The summed E-state index contributed by atoms with van der Waals surface area (Å²) in [6, 6.07) is 11.3.